The molecule has 2 aromatic carbocycles. The summed E-state index contributed by atoms with van der Waals surface area (Å²) < 4.78 is 27.1. The molecular formula is C19H16ClF2N3O2. The Bertz CT molecular complexity index is 918. The third-order valence-corrected chi connectivity index (χ3v) is 5.10. The summed E-state index contributed by atoms with van der Waals surface area (Å²) in [6.45, 7) is 0.189. The van der Waals surface area contributed by atoms with Crippen LogP contribution in [0.25, 0.3) is 0 Å². The highest BCUT2D eigenvalue weighted by molar-refractivity contribution is 6.30. The monoisotopic (exact) mass is 391 g/mol. The molecule has 3 N–H and O–H groups in total. The molecular weight excluding hydrogens is 376 g/mol. The standard InChI is InChI=1S/C19H16ClF2N3O2/c20-13-4-1-10(2-5-13)16(25-17(26)15-9-23-18(27)24-15)11-3-6-14-12(7-11)8-19(14,21)22/h1-7,15-16H,8-9H2,(H,25,26)(H2,23,24,27)/t15-,16+/m0/s1. The number of benzene rings is 2. The Labute approximate surface area is 159 Å². The van der Waals surface area contributed by atoms with Gasteiger partial charge in [-0.2, -0.15) is 0 Å². The number of alkyl halides is 2. The van der Waals surface area contributed by atoms with Crippen molar-refractivity contribution in [2.24, 2.45) is 0 Å². The van der Waals surface area contributed by atoms with Crippen LogP contribution in [0.5, 0.6) is 0 Å². The largest absolute Gasteiger partial charge is 0.343 e. The molecule has 0 aromatic heterocycles. The van der Waals surface area contributed by atoms with E-state index in [9.17, 15) is 18.4 Å². The maximum atomic E-state index is 13.6. The number of carbonyl (C=O) groups excluding carboxylic acids is 2. The molecule has 1 aliphatic heterocycles. The fourth-order valence-corrected chi connectivity index (χ4v) is 3.52. The molecule has 8 heteroatoms. The number of fused-ring (bicyclic) bond motifs is 1. The highest BCUT2D eigenvalue weighted by Gasteiger charge is 2.44. The van der Waals surface area contributed by atoms with Gasteiger partial charge in [-0.15, -0.1) is 0 Å². The van der Waals surface area contributed by atoms with E-state index in [4.69, 9.17) is 11.6 Å². The van der Waals surface area contributed by atoms with Gasteiger partial charge in [0.05, 0.1) is 6.04 Å². The summed E-state index contributed by atoms with van der Waals surface area (Å²) in [6.07, 6.45) is -0.305. The van der Waals surface area contributed by atoms with Crippen molar-refractivity contribution in [1.29, 1.82) is 0 Å². The van der Waals surface area contributed by atoms with Gasteiger partial charge in [-0.1, -0.05) is 41.9 Å². The number of hydrogen-bond donors (Lipinski definition) is 3. The molecule has 0 saturated carbocycles. The van der Waals surface area contributed by atoms with Crippen LogP contribution in [0.2, 0.25) is 5.02 Å². The van der Waals surface area contributed by atoms with Crippen LogP contribution >= 0.6 is 11.6 Å². The lowest BCUT2D eigenvalue weighted by atomic mass is 9.82. The Morgan fingerprint density at radius 3 is 2.48 bits per heavy atom. The van der Waals surface area contributed by atoms with Crippen molar-refractivity contribution in [2.75, 3.05) is 6.54 Å². The number of rotatable bonds is 4. The molecule has 140 valence electrons. The lowest BCUT2D eigenvalue weighted by Gasteiger charge is -2.31. The van der Waals surface area contributed by atoms with Gasteiger partial charge in [-0.05, 0) is 28.8 Å². The second-order valence-electron chi connectivity index (χ2n) is 6.70. The summed E-state index contributed by atoms with van der Waals surface area (Å²) in [6, 6.07) is 9.99. The van der Waals surface area contributed by atoms with Crippen molar-refractivity contribution in [1.82, 2.24) is 16.0 Å². The van der Waals surface area contributed by atoms with Crippen molar-refractivity contribution in [3.05, 3.63) is 69.7 Å². The molecule has 1 heterocycles. The minimum Gasteiger partial charge on any atom is -0.343 e. The van der Waals surface area contributed by atoms with Crippen molar-refractivity contribution >= 4 is 23.5 Å². The molecule has 3 amide bonds. The molecule has 2 atom stereocenters. The van der Waals surface area contributed by atoms with Crippen molar-refractivity contribution in [2.45, 2.75) is 24.4 Å². The first-order valence-electron chi connectivity index (χ1n) is 8.45. The molecule has 1 aliphatic carbocycles. The molecule has 0 radical (unpaired) electrons. The minimum atomic E-state index is -2.79. The lowest BCUT2D eigenvalue weighted by Crippen LogP contribution is -2.44. The third kappa shape index (κ3) is 3.35. The van der Waals surface area contributed by atoms with E-state index in [1.165, 1.54) is 6.07 Å². The average molecular weight is 392 g/mol. The summed E-state index contributed by atoms with van der Waals surface area (Å²) >= 11 is 5.95. The summed E-state index contributed by atoms with van der Waals surface area (Å²) in [5, 5.41) is 8.51. The normalized spacial score (nSPS) is 20.7. The van der Waals surface area contributed by atoms with Gasteiger partial charge in [0.2, 0.25) is 5.91 Å². The second kappa shape index (κ2) is 6.49. The molecule has 0 spiro atoms. The molecule has 1 saturated heterocycles. The van der Waals surface area contributed by atoms with Gasteiger partial charge < -0.3 is 16.0 Å². The van der Waals surface area contributed by atoms with Crippen molar-refractivity contribution in [3.8, 4) is 0 Å². The number of amides is 3. The van der Waals surface area contributed by atoms with Gasteiger partial charge in [0.1, 0.15) is 6.04 Å². The van der Waals surface area contributed by atoms with Crippen molar-refractivity contribution < 1.29 is 18.4 Å². The Morgan fingerprint density at radius 1 is 1.19 bits per heavy atom. The zero-order valence-corrected chi connectivity index (χ0v) is 14.8. The maximum absolute atomic E-state index is 13.6. The van der Waals surface area contributed by atoms with Gasteiger partial charge in [-0.25, -0.2) is 13.6 Å². The van der Waals surface area contributed by atoms with Gasteiger partial charge in [0.15, 0.2) is 0 Å². The van der Waals surface area contributed by atoms with E-state index in [1.54, 1.807) is 36.4 Å². The fraction of sp³-hybridized carbons (Fsp3) is 0.263. The topological polar surface area (TPSA) is 70.2 Å². The lowest BCUT2D eigenvalue weighted by molar-refractivity contribution is -0.122. The SMILES string of the molecule is O=C1NC[C@@H](C(=O)N[C@H](c2ccc(Cl)cc2)c2ccc3c(c2)CC3(F)F)N1. The number of hydrogen-bond acceptors (Lipinski definition) is 2. The Balaban J connectivity index is 1.64. The number of halogens is 3. The summed E-state index contributed by atoms with van der Waals surface area (Å²) in [7, 11) is 0. The van der Waals surface area contributed by atoms with E-state index in [0.29, 0.717) is 16.1 Å². The van der Waals surface area contributed by atoms with Gasteiger partial charge >= 0.3 is 6.03 Å². The highest BCUT2D eigenvalue weighted by atomic mass is 35.5. The summed E-state index contributed by atoms with van der Waals surface area (Å²) in [4.78, 5) is 23.9. The number of carbonyl (C=O) groups is 2. The van der Waals surface area contributed by atoms with Crippen LogP contribution in [0.3, 0.4) is 0 Å². The quantitative estimate of drug-likeness (QED) is 0.750. The predicted octanol–water partition coefficient (Wildman–Crippen LogP) is 2.87. The van der Waals surface area contributed by atoms with Gasteiger partial charge in [0.25, 0.3) is 5.92 Å². The fourth-order valence-electron chi connectivity index (χ4n) is 3.39. The van der Waals surface area contributed by atoms with Crippen LogP contribution in [0.4, 0.5) is 13.6 Å². The molecule has 0 bridgehead atoms. The van der Waals surface area contributed by atoms with E-state index in [2.05, 4.69) is 16.0 Å². The second-order valence-corrected chi connectivity index (χ2v) is 7.13. The van der Waals surface area contributed by atoms with Crippen LogP contribution < -0.4 is 16.0 Å². The molecule has 4 rings (SSSR count). The molecule has 1 fully saturated rings. The maximum Gasteiger partial charge on any atom is 0.315 e. The van der Waals surface area contributed by atoms with E-state index < -0.39 is 24.0 Å². The van der Waals surface area contributed by atoms with E-state index in [1.807, 2.05) is 0 Å². The average Bonchev–Trinajstić information content (AvgIpc) is 3.06. The molecule has 27 heavy (non-hydrogen) atoms. The van der Waals surface area contributed by atoms with Crippen LogP contribution in [-0.4, -0.2) is 24.5 Å². The molecule has 0 unspecified atom stereocenters. The van der Waals surface area contributed by atoms with E-state index in [-0.39, 0.29) is 24.4 Å². The minimum absolute atomic E-state index is 0.0275. The smallest absolute Gasteiger partial charge is 0.315 e. The van der Waals surface area contributed by atoms with Crippen LogP contribution in [-0.2, 0) is 17.1 Å². The summed E-state index contributed by atoms with van der Waals surface area (Å²) in [5.74, 6) is -3.14. The zero-order valence-electron chi connectivity index (χ0n) is 14.1. The molecule has 2 aromatic rings. The summed E-state index contributed by atoms with van der Waals surface area (Å²) in [5.41, 5.74) is 2.05. The van der Waals surface area contributed by atoms with Gasteiger partial charge in [-0.3, -0.25) is 4.79 Å². The van der Waals surface area contributed by atoms with Crippen LogP contribution in [0.15, 0.2) is 42.5 Å². The first-order valence-corrected chi connectivity index (χ1v) is 8.82. The number of urea groups is 1. The third-order valence-electron chi connectivity index (χ3n) is 4.85. The highest BCUT2D eigenvalue weighted by Crippen LogP contribution is 2.44. The first kappa shape index (κ1) is 17.7. The van der Waals surface area contributed by atoms with E-state index in [0.717, 1.165) is 5.56 Å². The number of nitrogens with one attached hydrogen (secondary N) is 3. The van der Waals surface area contributed by atoms with Crippen LogP contribution in [0.1, 0.15) is 28.3 Å². The molecule has 5 nitrogen and oxygen atoms in total. The van der Waals surface area contributed by atoms with E-state index >= 15 is 0 Å². The Hall–Kier alpha value is -2.67. The van der Waals surface area contributed by atoms with Gasteiger partial charge in [0, 0.05) is 23.6 Å². The predicted molar refractivity (Wildman–Crippen MR) is 95.8 cm³/mol. The van der Waals surface area contributed by atoms with Crippen molar-refractivity contribution in [3.63, 3.8) is 0 Å². The Kier molecular flexibility index (Phi) is 4.26. The van der Waals surface area contributed by atoms with Crippen LogP contribution in [0, 0.1) is 0 Å². The zero-order chi connectivity index (χ0) is 19.2. The molecule has 2 aliphatic rings. The Morgan fingerprint density at radius 2 is 1.89 bits per heavy atom. The first-order chi connectivity index (χ1) is 12.8.